The molecule has 2 aromatic carbocycles. The van der Waals surface area contributed by atoms with Crippen molar-refractivity contribution in [2.24, 2.45) is 0 Å². The van der Waals surface area contributed by atoms with Crippen molar-refractivity contribution < 1.29 is 8.95 Å². The minimum absolute atomic E-state index is 0.406. The topological polar surface area (TPSA) is 57.4 Å². The molecule has 1 aliphatic heterocycles. The lowest BCUT2D eigenvalue weighted by atomic mass is 9.97. The van der Waals surface area contributed by atoms with Gasteiger partial charge in [0.2, 0.25) is 0 Å². The number of rotatable bonds is 7. The summed E-state index contributed by atoms with van der Waals surface area (Å²) in [5, 5.41) is 4.34. The smallest absolute Gasteiger partial charge is 0.127 e. The van der Waals surface area contributed by atoms with Crippen molar-refractivity contribution in [3.8, 4) is 5.75 Å². The van der Waals surface area contributed by atoms with E-state index in [1.807, 2.05) is 31.3 Å². The molecule has 1 aromatic heterocycles. The van der Waals surface area contributed by atoms with Crippen LogP contribution in [0.2, 0.25) is 0 Å². The van der Waals surface area contributed by atoms with Gasteiger partial charge in [-0.1, -0.05) is 11.6 Å². The summed E-state index contributed by atoms with van der Waals surface area (Å²) in [5.74, 6) is 1.22. The van der Waals surface area contributed by atoms with E-state index in [4.69, 9.17) is 4.74 Å². The highest BCUT2D eigenvalue weighted by Crippen LogP contribution is 2.34. The van der Waals surface area contributed by atoms with E-state index in [0.717, 1.165) is 36.7 Å². The van der Waals surface area contributed by atoms with Crippen molar-refractivity contribution in [2.75, 3.05) is 33.3 Å². The quantitative estimate of drug-likeness (QED) is 0.599. The van der Waals surface area contributed by atoms with Crippen LogP contribution in [-0.2, 0) is 11.0 Å². The molecule has 6 heteroatoms. The summed E-state index contributed by atoms with van der Waals surface area (Å²) in [7, 11) is 0.760. The second kappa shape index (κ2) is 8.47. The molecule has 28 heavy (non-hydrogen) atoms. The summed E-state index contributed by atoms with van der Waals surface area (Å²) in [6.07, 6.45) is 3.15. The molecule has 0 bridgehead atoms. The molecule has 2 unspecified atom stereocenters. The summed E-state index contributed by atoms with van der Waals surface area (Å²) in [6.45, 7) is 5.20. The van der Waals surface area contributed by atoms with E-state index in [0.29, 0.717) is 12.5 Å². The molecular weight excluding hydrogens is 370 g/mol. The Morgan fingerprint density at radius 2 is 2.07 bits per heavy atom. The number of aromatic nitrogens is 1. The minimum atomic E-state index is -1.14. The van der Waals surface area contributed by atoms with Gasteiger partial charge in [0.15, 0.2) is 0 Å². The Morgan fingerprint density at radius 1 is 1.25 bits per heavy atom. The van der Waals surface area contributed by atoms with Crippen LogP contribution in [0.4, 0.5) is 0 Å². The van der Waals surface area contributed by atoms with E-state index >= 15 is 0 Å². The molecule has 3 aromatic rings. The van der Waals surface area contributed by atoms with E-state index in [-0.39, 0.29) is 0 Å². The van der Waals surface area contributed by atoms with Crippen molar-refractivity contribution in [3.63, 3.8) is 0 Å². The van der Waals surface area contributed by atoms with Crippen LogP contribution in [-0.4, -0.2) is 46.8 Å². The third-order valence-electron chi connectivity index (χ3n) is 5.34. The number of H-pyrrole nitrogens is 1. The summed E-state index contributed by atoms with van der Waals surface area (Å²) < 4.78 is 20.8. The molecule has 0 spiro atoms. The fourth-order valence-electron chi connectivity index (χ4n) is 3.80. The molecule has 0 saturated carbocycles. The molecule has 0 radical (unpaired) electrons. The van der Waals surface area contributed by atoms with E-state index in [1.54, 1.807) is 0 Å². The maximum atomic E-state index is 13.0. The van der Waals surface area contributed by atoms with Gasteiger partial charge in [-0.25, -0.2) is 8.51 Å². The highest BCUT2D eigenvalue weighted by Gasteiger charge is 2.29. The Kier molecular flexibility index (Phi) is 5.80. The lowest BCUT2D eigenvalue weighted by Crippen LogP contribution is -2.23. The van der Waals surface area contributed by atoms with Crippen molar-refractivity contribution >= 4 is 21.9 Å². The van der Waals surface area contributed by atoms with Gasteiger partial charge in [0, 0.05) is 42.7 Å². The van der Waals surface area contributed by atoms with Gasteiger partial charge in [0.25, 0.3) is 0 Å². The normalized spacial score (nSPS) is 18.6. The minimum Gasteiger partial charge on any atom is -0.492 e. The molecule has 2 N–H and O–H groups in total. The number of ether oxygens (including phenoxy) is 1. The Balaban J connectivity index is 1.43. The number of benzene rings is 2. The molecule has 148 valence electrons. The summed E-state index contributed by atoms with van der Waals surface area (Å²) >= 11 is 0. The lowest BCUT2D eigenvalue weighted by molar-refractivity contribution is 0.318. The Labute approximate surface area is 168 Å². The van der Waals surface area contributed by atoms with Crippen LogP contribution in [0.5, 0.6) is 5.75 Å². The molecule has 2 heterocycles. The molecule has 2 atom stereocenters. The zero-order valence-electron chi connectivity index (χ0n) is 16.4. The highest BCUT2D eigenvalue weighted by atomic mass is 32.2. The predicted octanol–water partition coefficient (Wildman–Crippen LogP) is 3.59. The van der Waals surface area contributed by atoms with Gasteiger partial charge >= 0.3 is 0 Å². The van der Waals surface area contributed by atoms with E-state index in [2.05, 4.69) is 45.9 Å². The van der Waals surface area contributed by atoms with Gasteiger partial charge in [-0.2, -0.15) is 0 Å². The van der Waals surface area contributed by atoms with Gasteiger partial charge in [0.1, 0.15) is 23.3 Å². The number of nitrogens with zero attached hydrogens (tertiary/aromatic N) is 1. The number of nitrogens with one attached hydrogen (secondary N) is 2. The third-order valence-corrected chi connectivity index (χ3v) is 6.82. The molecule has 1 aliphatic rings. The maximum Gasteiger partial charge on any atom is 0.127 e. The first kappa shape index (κ1) is 19.2. The molecular formula is C22H27N3O2S. The molecule has 4 rings (SSSR count). The van der Waals surface area contributed by atoms with Gasteiger partial charge in [0.05, 0.1) is 4.90 Å². The average Bonchev–Trinajstić information content (AvgIpc) is 3.35. The van der Waals surface area contributed by atoms with Gasteiger partial charge in [-0.05, 0) is 62.4 Å². The second-order valence-corrected chi connectivity index (χ2v) is 8.83. The first-order valence-corrected chi connectivity index (χ1v) is 10.9. The first-order valence-electron chi connectivity index (χ1n) is 9.77. The number of hydrogen-bond acceptors (Lipinski definition) is 3. The average molecular weight is 398 g/mol. The molecule has 1 saturated heterocycles. The van der Waals surface area contributed by atoms with E-state index < -0.39 is 11.0 Å². The lowest BCUT2D eigenvalue weighted by Gasteiger charge is -2.15. The molecule has 0 aliphatic carbocycles. The standard InChI is InChI=1S/C22H27N3O2S/c1-16-3-8-22-20(13-16)21(14-24-22)17-9-11-25(15-17)28(26)19-6-4-18(5-7-19)27-12-10-23-2/h3-8,13-14,17,23-24H,9-12,15H2,1-2H3. The SMILES string of the molecule is CNCCOc1ccc(S(=O)N2CCC(c3c[nH]c4ccc(C)cc34)C2)cc1. The van der Waals surface area contributed by atoms with Crippen LogP contribution in [0.1, 0.15) is 23.5 Å². The van der Waals surface area contributed by atoms with Crippen LogP contribution in [0, 0.1) is 6.92 Å². The van der Waals surface area contributed by atoms with Crippen molar-refractivity contribution in [1.29, 1.82) is 0 Å². The van der Waals surface area contributed by atoms with E-state index in [1.165, 1.54) is 22.0 Å². The Hall–Kier alpha value is -2.15. The summed E-state index contributed by atoms with van der Waals surface area (Å²) in [5.41, 5.74) is 3.78. The van der Waals surface area contributed by atoms with Crippen molar-refractivity contribution in [1.82, 2.24) is 14.6 Å². The second-order valence-electron chi connectivity index (χ2n) is 7.34. The number of likely N-dealkylation sites (N-methyl/N-ethyl adjacent to an activating group) is 1. The Morgan fingerprint density at radius 3 is 2.86 bits per heavy atom. The highest BCUT2D eigenvalue weighted by molar-refractivity contribution is 7.82. The molecule has 5 nitrogen and oxygen atoms in total. The summed E-state index contributed by atoms with van der Waals surface area (Å²) in [6, 6.07) is 14.1. The van der Waals surface area contributed by atoms with E-state index in [9.17, 15) is 4.21 Å². The monoisotopic (exact) mass is 397 g/mol. The fourth-order valence-corrected chi connectivity index (χ4v) is 5.05. The van der Waals surface area contributed by atoms with Crippen LogP contribution < -0.4 is 10.1 Å². The predicted molar refractivity (Wildman–Crippen MR) is 114 cm³/mol. The molecule has 1 fully saturated rings. The first-order chi connectivity index (χ1) is 13.7. The van der Waals surface area contributed by atoms with Crippen LogP contribution in [0.25, 0.3) is 10.9 Å². The fraction of sp³-hybridized carbons (Fsp3) is 0.364. The zero-order valence-corrected chi connectivity index (χ0v) is 17.2. The number of aryl methyl sites for hydroxylation is 1. The number of aromatic amines is 1. The van der Waals surface area contributed by atoms with Crippen molar-refractivity contribution in [2.45, 2.75) is 24.2 Å². The van der Waals surface area contributed by atoms with Crippen LogP contribution in [0.3, 0.4) is 0 Å². The van der Waals surface area contributed by atoms with Crippen molar-refractivity contribution in [3.05, 3.63) is 59.8 Å². The van der Waals surface area contributed by atoms with Crippen LogP contribution in [0.15, 0.2) is 53.6 Å². The summed E-state index contributed by atoms with van der Waals surface area (Å²) in [4.78, 5) is 4.21. The van der Waals surface area contributed by atoms with Gasteiger partial charge < -0.3 is 15.0 Å². The largest absolute Gasteiger partial charge is 0.492 e. The zero-order chi connectivity index (χ0) is 19.5. The number of fused-ring (bicyclic) bond motifs is 1. The van der Waals surface area contributed by atoms with Gasteiger partial charge in [-0.3, -0.25) is 0 Å². The molecule has 0 amide bonds. The maximum absolute atomic E-state index is 13.0. The van der Waals surface area contributed by atoms with Crippen LogP contribution >= 0.6 is 0 Å². The van der Waals surface area contributed by atoms with Gasteiger partial charge in [-0.15, -0.1) is 0 Å². The Bertz CT molecular complexity index is 968. The third kappa shape index (κ3) is 3.99. The number of hydrogen-bond donors (Lipinski definition) is 2.